The summed E-state index contributed by atoms with van der Waals surface area (Å²) in [5, 5.41) is 37.1. The van der Waals surface area contributed by atoms with Gasteiger partial charge in [-0.05, 0) is 36.2 Å². The summed E-state index contributed by atoms with van der Waals surface area (Å²) in [5.41, 5.74) is 1.37. The number of imidazole rings is 1. The van der Waals surface area contributed by atoms with Gasteiger partial charge >= 0.3 is 0 Å². The molecule has 1 aromatic carbocycles. The summed E-state index contributed by atoms with van der Waals surface area (Å²) in [6.07, 6.45) is 1.31. The maximum atomic E-state index is 12.7. The van der Waals surface area contributed by atoms with Crippen LogP contribution in [0.1, 0.15) is 18.0 Å². The standard InChI is InChI=1S/C26H23Cl2N9O3S/c1-29-24(40)26-8-14(26)19(20(38)21(26)39)36-11-31-18-22(30-9-12-3-2-4-13(27)7-12)32-25(33-23(18)36)37-10-15(34-35-37)16-5-6-17(28)41-16/h2-7,10-11,14,19-21,38-39H,8-9H2,1H3,(H,29,40)(H,30,32,33)/t14-,19-,20+,21+,26+/m1/s1. The van der Waals surface area contributed by atoms with Crippen molar-refractivity contribution >= 4 is 57.4 Å². The Morgan fingerprint density at radius 2 is 2.07 bits per heavy atom. The van der Waals surface area contributed by atoms with Crippen LogP contribution in [0.4, 0.5) is 5.82 Å². The molecular weight excluding hydrogens is 589 g/mol. The van der Waals surface area contributed by atoms with Gasteiger partial charge in [0.1, 0.15) is 11.8 Å². The van der Waals surface area contributed by atoms with Gasteiger partial charge in [-0.1, -0.05) is 40.5 Å². The van der Waals surface area contributed by atoms with Gasteiger partial charge in [0.15, 0.2) is 17.0 Å². The second kappa shape index (κ2) is 9.74. The van der Waals surface area contributed by atoms with Crippen LogP contribution in [0, 0.1) is 11.3 Å². The fraction of sp³-hybridized carbons (Fsp3) is 0.308. The van der Waals surface area contributed by atoms with E-state index in [0.717, 1.165) is 10.4 Å². The van der Waals surface area contributed by atoms with Crippen molar-refractivity contribution in [1.29, 1.82) is 0 Å². The summed E-state index contributed by atoms with van der Waals surface area (Å²) in [6.45, 7) is 0.405. The minimum Gasteiger partial charge on any atom is -0.389 e. The lowest BCUT2D eigenvalue weighted by Gasteiger charge is -2.23. The zero-order valence-electron chi connectivity index (χ0n) is 21.4. The molecule has 7 rings (SSSR count). The first-order chi connectivity index (χ1) is 19.8. The zero-order chi connectivity index (χ0) is 28.5. The van der Waals surface area contributed by atoms with Gasteiger partial charge in [0.2, 0.25) is 5.91 Å². The molecule has 0 spiro atoms. The lowest BCUT2D eigenvalue weighted by molar-refractivity contribution is -0.132. The Labute approximate surface area is 247 Å². The molecule has 4 aromatic heterocycles. The Hall–Kier alpha value is -3.62. The monoisotopic (exact) mass is 611 g/mol. The number of halogens is 2. The number of benzene rings is 1. The van der Waals surface area contributed by atoms with Crippen LogP contribution in [0.3, 0.4) is 0 Å². The van der Waals surface area contributed by atoms with Gasteiger partial charge in [0.25, 0.3) is 5.95 Å². The number of rotatable bonds is 7. The molecule has 15 heteroatoms. The van der Waals surface area contributed by atoms with E-state index in [1.54, 1.807) is 29.2 Å². The SMILES string of the molecule is CNC(=O)[C@@]12C[C@@H]1[C@@H](n1cnc3c(NCc4cccc(Cl)c4)nc(-n4cc(-c5ccc(Cl)s5)nn4)nc31)[C@H](O)[C@@H]2O. The predicted molar refractivity (Wildman–Crippen MR) is 153 cm³/mol. The van der Waals surface area contributed by atoms with E-state index in [2.05, 4.69) is 25.9 Å². The molecule has 0 aliphatic heterocycles. The van der Waals surface area contributed by atoms with Gasteiger partial charge in [0.05, 0.1) is 39.3 Å². The number of hydrogen-bond donors (Lipinski definition) is 4. The van der Waals surface area contributed by atoms with Crippen LogP contribution in [-0.4, -0.2) is 69.9 Å². The largest absolute Gasteiger partial charge is 0.389 e. The van der Waals surface area contributed by atoms with Crippen LogP contribution >= 0.6 is 34.5 Å². The summed E-state index contributed by atoms with van der Waals surface area (Å²) >= 11 is 13.7. The van der Waals surface area contributed by atoms with Crippen molar-refractivity contribution in [3.05, 3.63) is 63.8 Å². The molecule has 2 fully saturated rings. The molecular formula is C26H23Cl2N9O3S. The van der Waals surface area contributed by atoms with Gasteiger partial charge in [-0.15, -0.1) is 16.4 Å². The molecule has 5 atom stereocenters. The topological polar surface area (TPSA) is 156 Å². The van der Waals surface area contributed by atoms with E-state index >= 15 is 0 Å². The minimum absolute atomic E-state index is 0.218. The number of amides is 1. The summed E-state index contributed by atoms with van der Waals surface area (Å²) in [6, 6.07) is 10.5. The average molecular weight is 613 g/mol. The number of thiophene rings is 1. The lowest BCUT2D eigenvalue weighted by Crippen LogP contribution is -2.41. The average Bonchev–Trinajstić information content (AvgIpc) is 3.37. The number of aliphatic hydroxyl groups excluding tert-OH is 2. The van der Waals surface area contributed by atoms with E-state index in [0.29, 0.717) is 45.0 Å². The number of aromatic nitrogens is 7. The molecule has 4 heterocycles. The normalized spacial score (nSPS) is 24.9. The number of nitrogens with one attached hydrogen (secondary N) is 2. The van der Waals surface area contributed by atoms with E-state index in [4.69, 9.17) is 33.2 Å². The summed E-state index contributed by atoms with van der Waals surface area (Å²) < 4.78 is 3.81. The highest BCUT2D eigenvalue weighted by Crippen LogP contribution is 2.67. The Bertz CT molecular complexity index is 1810. The molecule has 5 aromatic rings. The van der Waals surface area contributed by atoms with Crippen LogP contribution in [0.15, 0.2) is 48.9 Å². The molecule has 2 aliphatic carbocycles. The number of aliphatic hydroxyl groups is 2. The van der Waals surface area contributed by atoms with Crippen molar-refractivity contribution in [2.75, 3.05) is 12.4 Å². The first kappa shape index (κ1) is 26.3. The molecule has 210 valence electrons. The Morgan fingerprint density at radius 3 is 2.83 bits per heavy atom. The lowest BCUT2D eigenvalue weighted by atomic mass is 9.98. The molecule has 0 saturated heterocycles. The van der Waals surface area contributed by atoms with Gasteiger partial charge in [-0.25, -0.2) is 4.98 Å². The Kier molecular flexibility index (Phi) is 6.24. The summed E-state index contributed by atoms with van der Waals surface area (Å²) in [5.74, 6) is 0.0775. The number of carbonyl (C=O) groups excluding carboxylic acids is 1. The van der Waals surface area contributed by atoms with E-state index in [1.165, 1.54) is 23.1 Å². The van der Waals surface area contributed by atoms with E-state index < -0.39 is 23.7 Å². The maximum Gasteiger partial charge on any atom is 0.256 e. The fourth-order valence-corrected chi connectivity index (χ4v) is 7.10. The van der Waals surface area contributed by atoms with Crippen LogP contribution in [-0.2, 0) is 11.3 Å². The molecule has 0 radical (unpaired) electrons. The van der Waals surface area contributed by atoms with E-state index in [-0.39, 0.29) is 17.8 Å². The van der Waals surface area contributed by atoms with Crippen LogP contribution in [0.5, 0.6) is 0 Å². The molecule has 2 saturated carbocycles. The second-order valence-electron chi connectivity index (χ2n) is 10.2. The molecule has 0 unspecified atom stereocenters. The van der Waals surface area contributed by atoms with Crippen molar-refractivity contribution in [2.24, 2.45) is 11.3 Å². The quantitative estimate of drug-likeness (QED) is 0.217. The van der Waals surface area contributed by atoms with Gasteiger partial charge < -0.3 is 25.4 Å². The number of anilines is 1. The molecule has 0 bridgehead atoms. The minimum atomic E-state index is -1.22. The summed E-state index contributed by atoms with van der Waals surface area (Å²) in [4.78, 5) is 27.6. The zero-order valence-corrected chi connectivity index (χ0v) is 23.8. The van der Waals surface area contributed by atoms with Crippen LogP contribution in [0.25, 0.3) is 27.7 Å². The third-order valence-corrected chi connectivity index (χ3v) is 9.41. The molecule has 4 N–H and O–H groups in total. The first-order valence-electron chi connectivity index (χ1n) is 12.8. The fourth-order valence-electron chi connectivity index (χ4n) is 5.89. The highest BCUT2D eigenvalue weighted by molar-refractivity contribution is 7.19. The third kappa shape index (κ3) is 4.18. The second-order valence-corrected chi connectivity index (χ2v) is 12.3. The Morgan fingerprint density at radius 1 is 1.22 bits per heavy atom. The van der Waals surface area contributed by atoms with Gasteiger partial charge in [-0.3, -0.25) is 4.79 Å². The molecule has 2 aliphatic rings. The molecule has 12 nitrogen and oxygen atoms in total. The number of carbonyl (C=O) groups is 1. The number of hydrogen-bond acceptors (Lipinski definition) is 10. The molecule has 1 amide bonds. The maximum absolute atomic E-state index is 12.7. The highest BCUT2D eigenvalue weighted by atomic mass is 35.5. The van der Waals surface area contributed by atoms with Crippen molar-refractivity contribution in [3.8, 4) is 16.5 Å². The van der Waals surface area contributed by atoms with Crippen molar-refractivity contribution in [1.82, 2.24) is 39.8 Å². The van der Waals surface area contributed by atoms with E-state index in [1.807, 2.05) is 24.3 Å². The predicted octanol–water partition coefficient (Wildman–Crippen LogP) is 3.08. The van der Waals surface area contributed by atoms with Crippen LogP contribution in [0.2, 0.25) is 9.36 Å². The smallest absolute Gasteiger partial charge is 0.256 e. The number of nitrogens with zero attached hydrogens (tertiary/aromatic N) is 7. The van der Waals surface area contributed by atoms with Crippen molar-refractivity contribution in [3.63, 3.8) is 0 Å². The van der Waals surface area contributed by atoms with Crippen molar-refractivity contribution < 1.29 is 15.0 Å². The van der Waals surface area contributed by atoms with E-state index in [9.17, 15) is 15.0 Å². The number of fused-ring (bicyclic) bond motifs is 2. The third-order valence-electron chi connectivity index (χ3n) is 7.93. The van der Waals surface area contributed by atoms with Crippen molar-refractivity contribution in [2.45, 2.75) is 31.2 Å². The summed E-state index contributed by atoms with van der Waals surface area (Å²) in [7, 11) is 1.53. The van der Waals surface area contributed by atoms with Gasteiger partial charge in [0, 0.05) is 24.5 Å². The van der Waals surface area contributed by atoms with Gasteiger partial charge in [-0.2, -0.15) is 14.6 Å². The molecule has 41 heavy (non-hydrogen) atoms. The highest BCUT2D eigenvalue weighted by Gasteiger charge is 2.75. The van der Waals surface area contributed by atoms with Crippen LogP contribution < -0.4 is 10.6 Å². The first-order valence-corrected chi connectivity index (χ1v) is 14.4. The Balaban J connectivity index is 1.31.